The van der Waals surface area contributed by atoms with Crippen LogP contribution in [0.1, 0.15) is 26.7 Å². The van der Waals surface area contributed by atoms with Crippen molar-refractivity contribution in [1.29, 1.82) is 0 Å². The van der Waals surface area contributed by atoms with Gasteiger partial charge in [-0.3, -0.25) is 0 Å². The van der Waals surface area contributed by atoms with Crippen molar-refractivity contribution in [1.82, 2.24) is 0 Å². The lowest BCUT2D eigenvalue weighted by Gasteiger charge is -2.16. The second-order valence-corrected chi connectivity index (χ2v) is 4.28. The van der Waals surface area contributed by atoms with E-state index in [0.29, 0.717) is 25.6 Å². The lowest BCUT2D eigenvalue weighted by atomic mass is 9.81. The average Bonchev–Trinajstić information content (AvgIpc) is 2.74. The minimum absolute atomic E-state index is 0.256. The minimum Gasteiger partial charge on any atom is -0.467 e. The van der Waals surface area contributed by atoms with Crippen molar-refractivity contribution in [2.24, 2.45) is 5.92 Å². The predicted molar refractivity (Wildman–Crippen MR) is 53.5 cm³/mol. The molecule has 2 aliphatic heterocycles. The lowest BCUT2D eigenvalue weighted by Crippen LogP contribution is -2.39. The molecule has 86 valence electrons. The number of esters is 1. The third-order valence-corrected chi connectivity index (χ3v) is 3.80. The summed E-state index contributed by atoms with van der Waals surface area (Å²) in [5.41, 5.74) is -1.14. The standard InChI is InChI=1S/C11H18O4/c1-4-8-6-14-7-11(8)10(5-2,15-11)9(12)13-3/h8H,4-7H2,1-3H3. The Morgan fingerprint density at radius 3 is 2.80 bits per heavy atom. The van der Waals surface area contributed by atoms with Crippen LogP contribution in [0.15, 0.2) is 0 Å². The van der Waals surface area contributed by atoms with Gasteiger partial charge in [0.05, 0.1) is 20.3 Å². The molecular weight excluding hydrogens is 196 g/mol. The molecule has 0 aromatic rings. The molecule has 0 aliphatic carbocycles. The maximum absolute atomic E-state index is 11.7. The van der Waals surface area contributed by atoms with E-state index in [4.69, 9.17) is 14.2 Å². The molecule has 0 saturated carbocycles. The highest BCUT2D eigenvalue weighted by Gasteiger charge is 2.78. The normalized spacial score (nSPS) is 43.3. The van der Waals surface area contributed by atoms with Crippen LogP contribution in [0.3, 0.4) is 0 Å². The summed E-state index contributed by atoms with van der Waals surface area (Å²) in [6.45, 7) is 5.26. The van der Waals surface area contributed by atoms with Crippen molar-refractivity contribution in [3.63, 3.8) is 0 Å². The monoisotopic (exact) mass is 214 g/mol. The zero-order chi connectivity index (χ0) is 11.1. The molecule has 0 aromatic heterocycles. The molecule has 2 saturated heterocycles. The van der Waals surface area contributed by atoms with Crippen LogP contribution in [0.25, 0.3) is 0 Å². The number of ether oxygens (including phenoxy) is 3. The summed E-state index contributed by atoms with van der Waals surface area (Å²) >= 11 is 0. The largest absolute Gasteiger partial charge is 0.467 e. The molecule has 15 heavy (non-hydrogen) atoms. The highest BCUT2D eigenvalue weighted by atomic mass is 16.7. The van der Waals surface area contributed by atoms with Crippen LogP contribution in [0, 0.1) is 5.92 Å². The smallest absolute Gasteiger partial charge is 0.341 e. The highest BCUT2D eigenvalue weighted by Crippen LogP contribution is 2.59. The number of epoxide rings is 1. The Hall–Kier alpha value is -0.610. The summed E-state index contributed by atoms with van der Waals surface area (Å²) in [6, 6.07) is 0. The fourth-order valence-corrected chi connectivity index (χ4v) is 2.79. The molecule has 2 heterocycles. The van der Waals surface area contributed by atoms with Gasteiger partial charge < -0.3 is 14.2 Å². The number of carbonyl (C=O) groups is 1. The first-order valence-corrected chi connectivity index (χ1v) is 5.53. The van der Waals surface area contributed by atoms with Gasteiger partial charge in [-0.25, -0.2) is 4.79 Å². The van der Waals surface area contributed by atoms with E-state index in [1.54, 1.807) is 0 Å². The first-order valence-electron chi connectivity index (χ1n) is 5.53. The number of hydrogen-bond donors (Lipinski definition) is 0. The van der Waals surface area contributed by atoms with Crippen LogP contribution >= 0.6 is 0 Å². The molecule has 0 aromatic carbocycles. The van der Waals surface area contributed by atoms with Gasteiger partial charge in [0, 0.05) is 5.92 Å². The Labute approximate surface area is 89.9 Å². The van der Waals surface area contributed by atoms with Gasteiger partial charge in [0.1, 0.15) is 5.60 Å². The van der Waals surface area contributed by atoms with Crippen LogP contribution < -0.4 is 0 Å². The van der Waals surface area contributed by atoms with Crippen LogP contribution in [-0.4, -0.2) is 37.5 Å². The number of hydrogen-bond acceptors (Lipinski definition) is 4. The second-order valence-electron chi connectivity index (χ2n) is 4.28. The topological polar surface area (TPSA) is 48.1 Å². The zero-order valence-corrected chi connectivity index (χ0v) is 9.54. The Bertz CT molecular complexity index is 278. The van der Waals surface area contributed by atoms with Crippen molar-refractivity contribution >= 4 is 5.97 Å². The molecular formula is C11H18O4. The van der Waals surface area contributed by atoms with Crippen molar-refractivity contribution < 1.29 is 19.0 Å². The molecule has 3 unspecified atom stereocenters. The van der Waals surface area contributed by atoms with Gasteiger partial charge in [-0.15, -0.1) is 0 Å². The van der Waals surface area contributed by atoms with E-state index in [9.17, 15) is 4.79 Å². The van der Waals surface area contributed by atoms with Gasteiger partial charge in [0.15, 0.2) is 5.60 Å². The molecule has 2 fully saturated rings. The molecule has 0 bridgehead atoms. The first-order chi connectivity index (χ1) is 7.16. The van der Waals surface area contributed by atoms with E-state index < -0.39 is 11.2 Å². The molecule has 3 atom stereocenters. The van der Waals surface area contributed by atoms with Gasteiger partial charge in [0.25, 0.3) is 0 Å². The van der Waals surface area contributed by atoms with E-state index in [1.807, 2.05) is 6.92 Å². The molecule has 0 radical (unpaired) electrons. The van der Waals surface area contributed by atoms with Crippen molar-refractivity contribution in [3.8, 4) is 0 Å². The quantitative estimate of drug-likeness (QED) is 0.522. The Morgan fingerprint density at radius 2 is 2.27 bits per heavy atom. The Balaban J connectivity index is 2.23. The van der Waals surface area contributed by atoms with Crippen LogP contribution in [0.5, 0.6) is 0 Å². The van der Waals surface area contributed by atoms with Gasteiger partial charge in [-0.1, -0.05) is 13.8 Å². The minimum atomic E-state index is -0.737. The second kappa shape index (κ2) is 3.46. The fourth-order valence-electron chi connectivity index (χ4n) is 2.79. The predicted octanol–water partition coefficient (Wildman–Crippen LogP) is 1.13. The molecule has 2 aliphatic rings. The third kappa shape index (κ3) is 1.18. The lowest BCUT2D eigenvalue weighted by molar-refractivity contribution is -0.147. The van der Waals surface area contributed by atoms with Crippen molar-refractivity contribution in [2.75, 3.05) is 20.3 Å². The fraction of sp³-hybridized carbons (Fsp3) is 0.909. The van der Waals surface area contributed by atoms with Crippen molar-refractivity contribution in [3.05, 3.63) is 0 Å². The van der Waals surface area contributed by atoms with Gasteiger partial charge >= 0.3 is 5.97 Å². The summed E-state index contributed by atoms with van der Waals surface area (Å²) in [4.78, 5) is 11.7. The molecule has 2 rings (SSSR count). The van der Waals surface area contributed by atoms with E-state index in [1.165, 1.54) is 7.11 Å². The van der Waals surface area contributed by atoms with E-state index in [0.717, 1.165) is 6.42 Å². The molecule has 4 nitrogen and oxygen atoms in total. The van der Waals surface area contributed by atoms with Crippen LogP contribution in [0.4, 0.5) is 0 Å². The summed E-state index contributed by atoms with van der Waals surface area (Å²) in [5.74, 6) is 0.0606. The number of methoxy groups -OCH3 is 1. The van der Waals surface area contributed by atoms with E-state index >= 15 is 0 Å². The molecule has 1 spiro atoms. The van der Waals surface area contributed by atoms with Gasteiger partial charge in [-0.05, 0) is 12.8 Å². The summed E-state index contributed by atoms with van der Waals surface area (Å²) in [5, 5.41) is 0. The summed E-state index contributed by atoms with van der Waals surface area (Å²) < 4.78 is 16.0. The van der Waals surface area contributed by atoms with Crippen molar-refractivity contribution in [2.45, 2.75) is 37.9 Å². The molecule has 0 N–H and O–H groups in total. The van der Waals surface area contributed by atoms with Crippen LogP contribution in [0.2, 0.25) is 0 Å². The van der Waals surface area contributed by atoms with E-state index in [-0.39, 0.29) is 5.97 Å². The number of carbonyl (C=O) groups excluding carboxylic acids is 1. The maximum Gasteiger partial charge on any atom is 0.341 e. The third-order valence-electron chi connectivity index (χ3n) is 3.80. The zero-order valence-electron chi connectivity index (χ0n) is 9.54. The molecule has 4 heteroatoms. The Morgan fingerprint density at radius 1 is 1.53 bits per heavy atom. The van der Waals surface area contributed by atoms with E-state index in [2.05, 4.69) is 6.92 Å². The Kier molecular flexibility index (Phi) is 2.51. The highest BCUT2D eigenvalue weighted by molar-refractivity contribution is 5.85. The van der Waals surface area contributed by atoms with Crippen LogP contribution in [-0.2, 0) is 19.0 Å². The molecule has 0 amide bonds. The summed E-state index contributed by atoms with van der Waals surface area (Å²) in [6.07, 6.45) is 1.62. The summed E-state index contributed by atoms with van der Waals surface area (Å²) in [7, 11) is 1.41. The SMILES string of the molecule is CCC1COCC12OC2(CC)C(=O)OC. The van der Waals surface area contributed by atoms with Gasteiger partial charge in [0.2, 0.25) is 0 Å². The average molecular weight is 214 g/mol. The number of rotatable bonds is 3. The maximum atomic E-state index is 11.7. The first kappa shape index (κ1) is 10.9. The van der Waals surface area contributed by atoms with Gasteiger partial charge in [-0.2, -0.15) is 0 Å².